The number of hydrogen-bond donors (Lipinski definition) is 1. The van der Waals surface area contributed by atoms with Gasteiger partial charge in [-0.2, -0.15) is 0 Å². The Kier molecular flexibility index (Phi) is 4.97. The number of carbonyl (C=O) groups is 1. The van der Waals surface area contributed by atoms with E-state index in [1.807, 2.05) is 11.8 Å². The van der Waals surface area contributed by atoms with Gasteiger partial charge in [-0.05, 0) is 13.0 Å². The smallest absolute Gasteiger partial charge is 0.416 e. The van der Waals surface area contributed by atoms with E-state index in [1.165, 1.54) is 4.90 Å². The molecular formula is C19H23FN4O6. The number of hydrogen-bond acceptors (Lipinski definition) is 9. The van der Waals surface area contributed by atoms with Gasteiger partial charge in [0.05, 0.1) is 43.5 Å². The number of carbonyl (C=O) groups excluding carboxylic acids is 1. The van der Waals surface area contributed by atoms with Gasteiger partial charge in [0.15, 0.2) is 17.9 Å². The average molecular weight is 422 g/mol. The van der Waals surface area contributed by atoms with Crippen molar-refractivity contribution in [3.8, 4) is 0 Å². The van der Waals surface area contributed by atoms with Crippen LogP contribution in [0.3, 0.4) is 0 Å². The van der Waals surface area contributed by atoms with E-state index in [4.69, 9.17) is 29.2 Å². The second kappa shape index (κ2) is 7.65. The number of amides is 1. The van der Waals surface area contributed by atoms with Crippen LogP contribution < -0.4 is 15.5 Å². The van der Waals surface area contributed by atoms with E-state index in [0.717, 1.165) is 0 Å². The lowest BCUT2D eigenvalue weighted by Crippen LogP contribution is -2.42. The van der Waals surface area contributed by atoms with Crippen LogP contribution in [0.25, 0.3) is 11.0 Å². The Morgan fingerprint density at radius 3 is 2.73 bits per heavy atom. The molecule has 1 aromatic heterocycles. The van der Waals surface area contributed by atoms with Gasteiger partial charge in [0.25, 0.3) is 0 Å². The Hall–Kier alpha value is -2.47. The van der Waals surface area contributed by atoms with Crippen LogP contribution in [0.4, 0.5) is 20.7 Å². The highest BCUT2D eigenvalue weighted by atomic mass is 19.1. The van der Waals surface area contributed by atoms with Crippen molar-refractivity contribution in [1.29, 1.82) is 0 Å². The number of ether oxygens (including phenoxy) is 4. The summed E-state index contributed by atoms with van der Waals surface area (Å²) in [4.78, 5) is 15.5. The third-order valence-corrected chi connectivity index (χ3v) is 5.52. The molecule has 3 aliphatic heterocycles. The van der Waals surface area contributed by atoms with Crippen molar-refractivity contribution in [2.24, 2.45) is 5.73 Å². The Balaban J connectivity index is 1.63. The van der Waals surface area contributed by atoms with Crippen LogP contribution in [0.15, 0.2) is 10.6 Å². The van der Waals surface area contributed by atoms with Crippen molar-refractivity contribution in [3.05, 3.63) is 17.4 Å². The van der Waals surface area contributed by atoms with Crippen molar-refractivity contribution in [3.63, 3.8) is 0 Å². The number of morpholine rings is 1. The highest BCUT2D eigenvalue weighted by Gasteiger charge is 2.37. The highest BCUT2D eigenvalue weighted by Crippen LogP contribution is 2.42. The Morgan fingerprint density at radius 1 is 1.23 bits per heavy atom. The molecule has 1 amide bonds. The third kappa shape index (κ3) is 3.18. The first-order valence-electron chi connectivity index (χ1n) is 9.96. The monoisotopic (exact) mass is 422 g/mol. The maximum Gasteiger partial charge on any atom is 0.416 e. The molecular weight excluding hydrogens is 399 g/mol. The number of fused-ring (bicyclic) bond motifs is 1. The fraction of sp³-hybridized carbons (Fsp3) is 0.579. The Labute approximate surface area is 171 Å². The van der Waals surface area contributed by atoms with Crippen molar-refractivity contribution >= 4 is 28.6 Å². The SMILES string of the molecule is CC1CN(c2c(C3OCCO3)cc3c(N4CC(CN)OC4=O)noc3c2F)CCO1. The molecule has 2 N–H and O–H groups in total. The second-order valence-electron chi connectivity index (χ2n) is 7.56. The van der Waals surface area contributed by atoms with Crippen LogP contribution in [-0.4, -0.2) is 69.5 Å². The highest BCUT2D eigenvalue weighted by molar-refractivity contribution is 6.00. The van der Waals surface area contributed by atoms with Gasteiger partial charge in [-0.15, -0.1) is 0 Å². The summed E-state index contributed by atoms with van der Waals surface area (Å²) in [5.74, 6) is -0.386. The van der Waals surface area contributed by atoms with Gasteiger partial charge < -0.3 is 34.1 Å². The van der Waals surface area contributed by atoms with Crippen molar-refractivity contribution < 1.29 is 32.7 Å². The molecule has 5 rings (SSSR count). The number of nitrogens with two attached hydrogens (primary N) is 1. The summed E-state index contributed by atoms with van der Waals surface area (Å²) < 4.78 is 43.2. The van der Waals surface area contributed by atoms with Gasteiger partial charge in [-0.25, -0.2) is 9.18 Å². The molecule has 0 spiro atoms. The van der Waals surface area contributed by atoms with E-state index in [0.29, 0.717) is 49.5 Å². The molecule has 10 nitrogen and oxygen atoms in total. The zero-order valence-electron chi connectivity index (χ0n) is 16.5. The minimum atomic E-state index is -0.720. The maximum atomic E-state index is 15.8. The molecule has 3 aliphatic rings. The van der Waals surface area contributed by atoms with E-state index >= 15 is 4.39 Å². The topological polar surface area (TPSA) is 113 Å². The van der Waals surface area contributed by atoms with E-state index in [9.17, 15) is 4.79 Å². The molecule has 0 aliphatic carbocycles. The number of halogens is 1. The molecule has 2 aromatic rings. The average Bonchev–Trinajstić information content (AvgIpc) is 3.47. The molecule has 2 atom stereocenters. The predicted octanol–water partition coefficient (Wildman–Crippen LogP) is 1.52. The van der Waals surface area contributed by atoms with Gasteiger partial charge in [0.1, 0.15) is 6.10 Å². The number of anilines is 2. The lowest BCUT2D eigenvalue weighted by Gasteiger charge is -2.34. The summed E-state index contributed by atoms with van der Waals surface area (Å²) >= 11 is 0. The molecule has 0 saturated carbocycles. The third-order valence-electron chi connectivity index (χ3n) is 5.52. The number of cyclic esters (lactones) is 1. The summed E-state index contributed by atoms with van der Waals surface area (Å²) in [6.07, 6.45) is -1.82. The molecule has 1 aromatic carbocycles. The zero-order chi connectivity index (χ0) is 20.8. The molecule has 3 fully saturated rings. The van der Waals surface area contributed by atoms with Crippen LogP contribution in [0.2, 0.25) is 0 Å². The summed E-state index contributed by atoms with van der Waals surface area (Å²) in [6, 6.07) is 1.72. The molecule has 0 bridgehead atoms. The standard InChI is InChI=1S/C19H23FN4O6/c1-10-8-23(2-3-26-10)15-12(18-27-4-5-28-18)6-13-16(14(15)20)30-22-17(13)24-9-11(7-21)29-19(24)25/h6,10-11,18H,2-5,7-9,21H2,1H3. The lowest BCUT2D eigenvalue weighted by atomic mass is 10.1. The van der Waals surface area contributed by atoms with Crippen molar-refractivity contribution in [2.45, 2.75) is 25.4 Å². The van der Waals surface area contributed by atoms with E-state index in [2.05, 4.69) is 5.16 Å². The van der Waals surface area contributed by atoms with Crippen LogP contribution in [0.5, 0.6) is 0 Å². The second-order valence-corrected chi connectivity index (χ2v) is 7.56. The van der Waals surface area contributed by atoms with Gasteiger partial charge in [-0.1, -0.05) is 5.16 Å². The molecule has 2 unspecified atom stereocenters. The molecule has 0 radical (unpaired) electrons. The number of nitrogens with zero attached hydrogens (tertiary/aromatic N) is 3. The quantitative estimate of drug-likeness (QED) is 0.783. The number of benzene rings is 1. The molecule has 11 heteroatoms. The van der Waals surface area contributed by atoms with Crippen LogP contribution in [0.1, 0.15) is 18.8 Å². The molecule has 162 valence electrons. The fourth-order valence-electron chi connectivity index (χ4n) is 4.11. The van der Waals surface area contributed by atoms with Gasteiger partial charge in [-0.3, -0.25) is 4.90 Å². The summed E-state index contributed by atoms with van der Waals surface area (Å²) in [7, 11) is 0. The van der Waals surface area contributed by atoms with E-state index in [-0.39, 0.29) is 30.6 Å². The predicted molar refractivity (Wildman–Crippen MR) is 103 cm³/mol. The Bertz CT molecular complexity index is 962. The largest absolute Gasteiger partial charge is 0.443 e. The molecule has 30 heavy (non-hydrogen) atoms. The van der Waals surface area contributed by atoms with E-state index < -0.39 is 24.3 Å². The first-order chi connectivity index (χ1) is 14.6. The fourth-order valence-corrected chi connectivity index (χ4v) is 4.11. The first-order valence-corrected chi connectivity index (χ1v) is 9.96. The number of aromatic nitrogens is 1. The van der Waals surface area contributed by atoms with Crippen LogP contribution in [-0.2, 0) is 18.9 Å². The lowest BCUT2D eigenvalue weighted by molar-refractivity contribution is -0.0440. The summed E-state index contributed by atoms with van der Waals surface area (Å²) in [6.45, 7) is 4.67. The van der Waals surface area contributed by atoms with Crippen molar-refractivity contribution in [1.82, 2.24) is 5.16 Å². The van der Waals surface area contributed by atoms with Gasteiger partial charge in [0.2, 0.25) is 5.58 Å². The minimum Gasteiger partial charge on any atom is -0.443 e. The molecule has 4 heterocycles. The normalized spacial score (nSPS) is 25.5. The first kappa shape index (κ1) is 19.5. The van der Waals surface area contributed by atoms with Crippen molar-refractivity contribution in [2.75, 3.05) is 55.8 Å². The van der Waals surface area contributed by atoms with Gasteiger partial charge >= 0.3 is 6.09 Å². The van der Waals surface area contributed by atoms with Crippen LogP contribution in [0, 0.1) is 5.82 Å². The van der Waals surface area contributed by atoms with Gasteiger partial charge in [0, 0.05) is 25.2 Å². The molecule has 3 saturated heterocycles. The number of rotatable bonds is 4. The Morgan fingerprint density at radius 2 is 2.03 bits per heavy atom. The van der Waals surface area contributed by atoms with Crippen LogP contribution >= 0.6 is 0 Å². The summed E-state index contributed by atoms with van der Waals surface area (Å²) in [5.41, 5.74) is 6.45. The summed E-state index contributed by atoms with van der Waals surface area (Å²) in [5, 5.41) is 4.32. The maximum absolute atomic E-state index is 15.8. The minimum absolute atomic E-state index is 0.0371. The van der Waals surface area contributed by atoms with E-state index in [1.54, 1.807) is 6.07 Å². The zero-order valence-corrected chi connectivity index (χ0v) is 16.5.